The van der Waals surface area contributed by atoms with Gasteiger partial charge in [-0.1, -0.05) is 42.5 Å². The van der Waals surface area contributed by atoms with Crippen LogP contribution in [0, 0.1) is 5.41 Å². The van der Waals surface area contributed by atoms with Crippen LogP contribution in [0.3, 0.4) is 0 Å². The molecule has 1 aliphatic rings. The molecule has 1 fully saturated rings. The summed E-state index contributed by atoms with van der Waals surface area (Å²) in [6.45, 7) is 1.35. The van der Waals surface area contributed by atoms with Gasteiger partial charge in [0.05, 0.1) is 11.0 Å². The highest BCUT2D eigenvalue weighted by molar-refractivity contribution is 5.97. The van der Waals surface area contributed by atoms with Crippen molar-refractivity contribution in [2.75, 3.05) is 20.1 Å². The first-order chi connectivity index (χ1) is 19.3. The molecule has 1 saturated heterocycles. The maximum Gasteiger partial charge on any atom is 0.265 e. The van der Waals surface area contributed by atoms with Gasteiger partial charge in [-0.05, 0) is 55.2 Å². The fourth-order valence-corrected chi connectivity index (χ4v) is 5.24. The van der Waals surface area contributed by atoms with Crippen molar-refractivity contribution < 1.29 is 9.59 Å². The standard InChI is InChI=1S/C31H35N7O2/c1-36(31(40)23-6-4-3-5-7-23)25-16-18-38(19-17-25)35-30(39)24-13-14-27-26(20-24)34-28(37(27)2)15-10-21-8-11-22(12-9-21)29(32)33/h3-9,11-14,20,25H,10,15-19H2,1-2H3,(H3,32,33)(H,35,39). The first-order valence-electron chi connectivity index (χ1n) is 13.6. The van der Waals surface area contributed by atoms with Gasteiger partial charge in [-0.2, -0.15) is 0 Å². The lowest BCUT2D eigenvalue weighted by molar-refractivity contribution is 0.0525. The molecule has 0 unspecified atom stereocenters. The van der Waals surface area contributed by atoms with E-state index in [2.05, 4.69) is 9.99 Å². The Morgan fingerprint density at radius 3 is 2.33 bits per heavy atom. The molecule has 0 spiro atoms. The Morgan fingerprint density at radius 1 is 0.975 bits per heavy atom. The molecular formula is C31H35N7O2. The molecule has 5 rings (SSSR count). The number of hydrogen-bond acceptors (Lipinski definition) is 5. The van der Waals surface area contributed by atoms with Crippen LogP contribution in [0.4, 0.5) is 0 Å². The second-order valence-electron chi connectivity index (χ2n) is 10.3. The molecule has 1 aromatic heterocycles. The van der Waals surface area contributed by atoms with Crippen molar-refractivity contribution in [3.63, 3.8) is 0 Å². The largest absolute Gasteiger partial charge is 0.384 e. The highest BCUT2D eigenvalue weighted by Gasteiger charge is 2.27. The van der Waals surface area contributed by atoms with Crippen LogP contribution in [0.15, 0.2) is 72.8 Å². The molecule has 0 bridgehead atoms. The van der Waals surface area contributed by atoms with E-state index in [9.17, 15) is 9.59 Å². The quantitative estimate of drug-likeness (QED) is 0.235. The molecule has 9 nitrogen and oxygen atoms in total. The van der Waals surface area contributed by atoms with Gasteiger partial charge in [-0.3, -0.25) is 20.4 Å². The van der Waals surface area contributed by atoms with E-state index in [4.69, 9.17) is 16.1 Å². The summed E-state index contributed by atoms with van der Waals surface area (Å²) >= 11 is 0. The number of imidazole rings is 1. The Bertz CT molecular complexity index is 1520. The van der Waals surface area contributed by atoms with Crippen molar-refractivity contribution in [3.05, 3.63) is 101 Å². The lowest BCUT2D eigenvalue weighted by Gasteiger charge is -2.36. The fourth-order valence-electron chi connectivity index (χ4n) is 5.24. The van der Waals surface area contributed by atoms with E-state index in [1.54, 1.807) is 0 Å². The van der Waals surface area contributed by atoms with E-state index < -0.39 is 0 Å². The molecule has 0 saturated carbocycles. The number of nitrogens with one attached hydrogen (secondary N) is 2. The van der Waals surface area contributed by atoms with E-state index in [-0.39, 0.29) is 23.7 Å². The average Bonchev–Trinajstić information content (AvgIpc) is 3.30. The van der Waals surface area contributed by atoms with Gasteiger partial charge in [0, 0.05) is 56.3 Å². The third-order valence-corrected chi connectivity index (χ3v) is 7.75. The highest BCUT2D eigenvalue weighted by Crippen LogP contribution is 2.20. The monoisotopic (exact) mass is 537 g/mol. The topological polar surface area (TPSA) is 120 Å². The predicted octanol–water partition coefficient (Wildman–Crippen LogP) is 3.52. The van der Waals surface area contributed by atoms with E-state index in [0.29, 0.717) is 29.8 Å². The first-order valence-corrected chi connectivity index (χ1v) is 13.6. The van der Waals surface area contributed by atoms with Crippen LogP contribution in [0.2, 0.25) is 0 Å². The summed E-state index contributed by atoms with van der Waals surface area (Å²) in [5.74, 6) is 0.873. The maximum absolute atomic E-state index is 13.1. The number of hydrogen-bond donors (Lipinski definition) is 3. The van der Waals surface area contributed by atoms with E-state index >= 15 is 0 Å². The SMILES string of the molecule is CN(C(=O)c1ccccc1)C1CCN(NC(=O)c2ccc3c(c2)nc(CCc2ccc(C(=N)N)cc2)n3C)CC1. The zero-order valence-electron chi connectivity index (χ0n) is 22.9. The highest BCUT2D eigenvalue weighted by atomic mass is 16.2. The van der Waals surface area contributed by atoms with E-state index in [1.807, 2.05) is 96.8 Å². The Balaban J connectivity index is 1.17. The summed E-state index contributed by atoms with van der Waals surface area (Å²) in [4.78, 5) is 32.5. The van der Waals surface area contributed by atoms with Gasteiger partial charge in [-0.15, -0.1) is 0 Å². The minimum absolute atomic E-state index is 0.0250. The van der Waals surface area contributed by atoms with Crippen molar-refractivity contribution in [1.29, 1.82) is 5.41 Å². The Morgan fingerprint density at radius 2 is 1.65 bits per heavy atom. The first kappa shape index (κ1) is 27.1. The molecule has 3 aromatic carbocycles. The van der Waals surface area contributed by atoms with Crippen molar-refractivity contribution in [2.45, 2.75) is 31.7 Å². The molecule has 40 heavy (non-hydrogen) atoms. The summed E-state index contributed by atoms with van der Waals surface area (Å²) in [6, 6.07) is 22.8. The number of amides is 2. The van der Waals surface area contributed by atoms with Gasteiger partial charge in [0.15, 0.2) is 0 Å². The number of aromatic nitrogens is 2. The van der Waals surface area contributed by atoms with Gasteiger partial charge in [0.1, 0.15) is 11.7 Å². The predicted molar refractivity (Wildman–Crippen MR) is 156 cm³/mol. The molecule has 4 N–H and O–H groups in total. The van der Waals surface area contributed by atoms with Crippen LogP contribution in [0.25, 0.3) is 11.0 Å². The van der Waals surface area contributed by atoms with Gasteiger partial charge < -0.3 is 15.2 Å². The number of benzene rings is 3. The van der Waals surface area contributed by atoms with Crippen LogP contribution in [0.5, 0.6) is 0 Å². The smallest absolute Gasteiger partial charge is 0.265 e. The number of rotatable bonds is 8. The third-order valence-electron chi connectivity index (χ3n) is 7.75. The molecular weight excluding hydrogens is 502 g/mol. The number of aryl methyl sites for hydroxylation is 3. The number of piperidine rings is 1. The van der Waals surface area contributed by atoms with Crippen molar-refractivity contribution >= 4 is 28.7 Å². The number of carbonyl (C=O) groups excluding carboxylic acids is 2. The minimum Gasteiger partial charge on any atom is -0.384 e. The molecule has 206 valence electrons. The second kappa shape index (κ2) is 11.7. The fraction of sp³-hybridized carbons (Fsp3) is 0.290. The molecule has 0 atom stereocenters. The minimum atomic E-state index is -0.160. The zero-order chi connectivity index (χ0) is 28.2. The lowest BCUT2D eigenvalue weighted by Crippen LogP contribution is -2.51. The average molecular weight is 538 g/mol. The van der Waals surface area contributed by atoms with Gasteiger partial charge in [0.2, 0.25) is 0 Å². The van der Waals surface area contributed by atoms with E-state index in [1.165, 1.54) is 0 Å². The number of nitrogens with two attached hydrogens (primary N) is 1. The van der Waals surface area contributed by atoms with Crippen LogP contribution < -0.4 is 11.2 Å². The van der Waals surface area contributed by atoms with Crippen LogP contribution in [-0.2, 0) is 19.9 Å². The van der Waals surface area contributed by atoms with Gasteiger partial charge >= 0.3 is 0 Å². The summed E-state index contributed by atoms with van der Waals surface area (Å²) < 4.78 is 2.07. The van der Waals surface area contributed by atoms with Crippen LogP contribution in [-0.4, -0.2) is 63.3 Å². The number of fused-ring (bicyclic) bond motifs is 1. The molecule has 9 heteroatoms. The molecule has 0 aliphatic carbocycles. The number of carbonyl (C=O) groups is 2. The van der Waals surface area contributed by atoms with Crippen molar-refractivity contribution in [1.82, 2.24) is 24.9 Å². The number of amidine groups is 1. The molecule has 1 aliphatic heterocycles. The summed E-state index contributed by atoms with van der Waals surface area (Å²) in [5.41, 5.74) is 13.5. The second-order valence-corrected chi connectivity index (χ2v) is 10.3. The molecule has 2 amide bonds. The molecule has 0 radical (unpaired) electrons. The van der Waals surface area contributed by atoms with Crippen LogP contribution >= 0.6 is 0 Å². The Labute approximate surface area is 234 Å². The number of nitrogens with zero attached hydrogens (tertiary/aromatic N) is 4. The molecule has 2 heterocycles. The summed E-state index contributed by atoms with van der Waals surface area (Å²) in [5, 5.41) is 9.47. The maximum atomic E-state index is 13.1. The van der Waals surface area contributed by atoms with Gasteiger partial charge in [0.25, 0.3) is 11.8 Å². The molecule has 4 aromatic rings. The van der Waals surface area contributed by atoms with Crippen molar-refractivity contribution in [3.8, 4) is 0 Å². The lowest BCUT2D eigenvalue weighted by atomic mass is 10.0. The normalized spacial score (nSPS) is 14.2. The van der Waals surface area contributed by atoms with E-state index in [0.717, 1.165) is 48.1 Å². The number of hydrazine groups is 1. The summed E-state index contributed by atoms with van der Waals surface area (Å²) in [6.07, 6.45) is 3.14. The van der Waals surface area contributed by atoms with Crippen molar-refractivity contribution in [2.24, 2.45) is 12.8 Å². The van der Waals surface area contributed by atoms with Gasteiger partial charge in [-0.25, -0.2) is 9.99 Å². The Hall–Kier alpha value is -4.50. The third kappa shape index (κ3) is 5.89. The van der Waals surface area contributed by atoms with Crippen LogP contribution in [0.1, 0.15) is 50.5 Å². The summed E-state index contributed by atoms with van der Waals surface area (Å²) in [7, 11) is 3.85. The number of nitrogen functional groups attached to an aromatic ring is 1. The zero-order valence-corrected chi connectivity index (χ0v) is 22.9. The Kier molecular flexibility index (Phi) is 7.93.